The van der Waals surface area contributed by atoms with Gasteiger partial charge < -0.3 is 65.1 Å². The van der Waals surface area contributed by atoms with E-state index < -0.39 is 63.1 Å². The van der Waals surface area contributed by atoms with Crippen LogP contribution in [-0.2, 0) is 61.4 Å². The van der Waals surface area contributed by atoms with Crippen LogP contribution in [0.4, 0.5) is 34.1 Å². The molecule has 0 spiro atoms. The molecule has 0 aliphatic carbocycles. The zero-order valence-corrected chi connectivity index (χ0v) is 78.5. The van der Waals surface area contributed by atoms with Gasteiger partial charge >= 0.3 is 31.5 Å². The number of carbonyl (C=O) groups is 8. The number of anilines is 3. The van der Waals surface area contributed by atoms with Crippen LogP contribution in [-0.4, -0.2) is 206 Å². The monoisotopic (exact) mass is 1900 g/mol. The van der Waals surface area contributed by atoms with E-state index in [9.17, 15) is 88.7 Å². The second-order valence-corrected chi connectivity index (χ2v) is 32.4. The number of esters is 3. The highest BCUT2D eigenvalue weighted by Gasteiger charge is 2.35. The van der Waals surface area contributed by atoms with Crippen molar-refractivity contribution in [2.24, 2.45) is 5.73 Å². The van der Waals surface area contributed by atoms with Gasteiger partial charge in [-0.2, -0.15) is 0 Å². The van der Waals surface area contributed by atoms with Crippen molar-refractivity contribution in [2.75, 3.05) is 119 Å². The molecule has 7 N–H and O–H groups in total. The van der Waals surface area contributed by atoms with Crippen LogP contribution in [0.25, 0.3) is 6.08 Å². The Kier molecular flexibility index (Phi) is 56.3. The molecule has 2 amide bonds. The van der Waals surface area contributed by atoms with Crippen LogP contribution in [0, 0.1) is 92.1 Å². The first-order valence-electron chi connectivity index (χ1n) is 39.2. The number of nitrogens with zero attached hydrogens (tertiary/aromatic N) is 7. The second-order valence-electron chi connectivity index (χ2n) is 28.3. The lowest BCUT2D eigenvalue weighted by Gasteiger charge is -2.27. The summed E-state index contributed by atoms with van der Waals surface area (Å²) in [6.07, 6.45) is 4.58. The summed E-state index contributed by atoms with van der Waals surface area (Å²) in [5, 5.41) is 66.9. The fraction of sp³-hybridized carbons (Fsp3) is 0.459. The number of amides is 2. The molecule has 36 nitrogen and oxygen atoms in total. The van der Waals surface area contributed by atoms with Gasteiger partial charge in [0.2, 0.25) is 24.4 Å². The molecule has 0 radical (unpaired) electrons. The number of rotatable bonds is 33. The van der Waals surface area contributed by atoms with E-state index in [1.807, 2.05) is 57.2 Å². The summed E-state index contributed by atoms with van der Waals surface area (Å²) in [6.45, 7) is 23.1. The molecule has 2 heterocycles. The van der Waals surface area contributed by atoms with Gasteiger partial charge in [0.15, 0.2) is 6.29 Å². The Labute approximate surface area is 763 Å². The Bertz CT molecular complexity index is 4690. The van der Waals surface area contributed by atoms with E-state index in [-0.39, 0.29) is 101 Å². The van der Waals surface area contributed by atoms with E-state index in [4.69, 9.17) is 79.4 Å². The largest absolute Gasteiger partial charge is 0.481 e. The molecule has 8 unspecified atom stereocenters. The van der Waals surface area contributed by atoms with Gasteiger partial charge in [0.1, 0.15) is 12.4 Å². The minimum atomic E-state index is -3.23. The summed E-state index contributed by atoms with van der Waals surface area (Å²) in [7, 11) is 2.87. The van der Waals surface area contributed by atoms with E-state index in [1.165, 1.54) is 126 Å². The lowest BCUT2D eigenvalue weighted by Crippen LogP contribution is -2.29. The molecule has 700 valence electrons. The summed E-state index contributed by atoms with van der Waals surface area (Å²) in [4.78, 5) is 140. The maximum Gasteiger partial charge on any atom is 0.341 e. The summed E-state index contributed by atoms with van der Waals surface area (Å²) in [5.41, 5.74) is 25.0. The first-order valence-corrected chi connectivity index (χ1v) is 43.6. The number of aryl methyl sites for hydroxylation is 6. The van der Waals surface area contributed by atoms with Crippen molar-refractivity contribution in [3.8, 4) is 0 Å². The molecule has 2 aliphatic heterocycles. The third-order valence-corrected chi connectivity index (χ3v) is 22.1. The maximum atomic E-state index is 11.6. The van der Waals surface area contributed by atoms with E-state index in [2.05, 4.69) is 82.7 Å². The number of hydrogen-bond donors (Lipinski definition) is 5. The van der Waals surface area contributed by atoms with E-state index in [0.717, 1.165) is 52.4 Å². The molecule has 2 fully saturated rings. The predicted octanol–water partition coefficient (Wildman–Crippen LogP) is 15.4. The lowest BCUT2D eigenvalue weighted by molar-refractivity contribution is -0.522. The fourth-order valence-corrected chi connectivity index (χ4v) is 14.0. The van der Waals surface area contributed by atoms with Crippen LogP contribution in [0.3, 0.4) is 0 Å². The molecule has 8 rings (SSSR count). The van der Waals surface area contributed by atoms with Crippen LogP contribution in [0.5, 0.6) is 0 Å². The highest BCUT2D eigenvalue weighted by Crippen LogP contribution is 2.46. The number of nitro groups is 5. The smallest absolute Gasteiger partial charge is 0.341 e. The first-order chi connectivity index (χ1) is 59.8. The van der Waals surface area contributed by atoms with Crippen molar-refractivity contribution in [3.05, 3.63) is 233 Å². The number of aliphatic carboxylic acids is 1. The number of benzene rings is 6. The van der Waals surface area contributed by atoms with Gasteiger partial charge in [0, 0.05) is 201 Å². The minimum absolute atomic E-state index is 0.00452. The van der Waals surface area contributed by atoms with Gasteiger partial charge in [-0.1, -0.05) is 36.4 Å². The molecule has 6 aromatic rings. The molecule has 2 aliphatic rings. The van der Waals surface area contributed by atoms with Gasteiger partial charge in [0.25, 0.3) is 17.1 Å². The highest BCUT2D eigenvalue weighted by molar-refractivity contribution is 7.54. The number of carboxylic acids is 1. The van der Waals surface area contributed by atoms with Gasteiger partial charge in [-0.3, -0.25) is 83.9 Å². The number of ether oxygens (including phenoxy) is 3. The van der Waals surface area contributed by atoms with Crippen molar-refractivity contribution in [1.29, 1.82) is 0 Å². The Morgan fingerprint density at radius 3 is 1.31 bits per heavy atom. The zero-order valence-electron chi connectivity index (χ0n) is 73.8. The number of aldehydes is 2. The number of alkyl halides is 5. The van der Waals surface area contributed by atoms with E-state index in [0.29, 0.717) is 84.3 Å². The normalized spacial score (nSPS) is 14.8. The molecule has 6 aromatic carbocycles. The molecule has 0 bridgehead atoms. The van der Waals surface area contributed by atoms with Crippen molar-refractivity contribution in [1.82, 2.24) is 10.6 Å². The Hall–Kier alpha value is -10.8. The van der Waals surface area contributed by atoms with Crippen LogP contribution in [0.1, 0.15) is 156 Å². The molecule has 127 heavy (non-hydrogen) atoms. The summed E-state index contributed by atoms with van der Waals surface area (Å²) in [5.74, 6) is -0.512. The van der Waals surface area contributed by atoms with Gasteiger partial charge in [-0.15, -0.1) is 58.0 Å². The number of non-ortho nitro benzene ring substituents is 3. The van der Waals surface area contributed by atoms with E-state index >= 15 is 0 Å². The Morgan fingerprint density at radius 2 is 0.945 bits per heavy atom. The van der Waals surface area contributed by atoms with Gasteiger partial charge in [-0.25, -0.2) is 4.79 Å². The number of hydrogen-bond acceptors (Lipinski definition) is 28. The van der Waals surface area contributed by atoms with Crippen molar-refractivity contribution >= 4 is 154 Å². The Balaban J connectivity index is 0.00000145. The quantitative estimate of drug-likeness (QED) is 0.00294. The van der Waals surface area contributed by atoms with Gasteiger partial charge in [-0.05, 0) is 166 Å². The topological polar surface area (TPSA) is 518 Å². The van der Waals surface area contributed by atoms with Crippen molar-refractivity contribution in [3.63, 3.8) is 0 Å². The van der Waals surface area contributed by atoms with E-state index in [1.54, 1.807) is 32.9 Å². The van der Waals surface area contributed by atoms with Gasteiger partial charge in [0.05, 0.1) is 60.7 Å². The predicted molar refractivity (Wildman–Crippen MR) is 492 cm³/mol. The number of methoxy groups -OCH3 is 3. The number of halogens is 5. The standard InChI is InChI=1S/C16H24Cl2N2O2.C16H22Cl2N2O.C13H16N2O6.C12H16N2O.C11H11NO4.C8H7NO3.C5H11O5P.C2H3ClO.C2H5NO2/c1-11-3-4-13(20(7-5-17)8-6-18)9-14(11)15(12(2)19)10-16(21)22;1-11-3-4-13(20(7-5-17)8-6-18)9-14(11)15-10-16(21)19-12(15)2;1-8-4-5-10(15(19)20)6-11(8)12(7-13(16)21-3)9(2)14(17)18;1-7-3-4-9(13)5-10(7)11-6-12(15)14-8(11)2;1-8-3-5-10(12(14)15)7-9(8)4-6-11(13)16-2;1-6-2-3-8(9(11)12)4-7(6)5-10;1-8-5(6)4-11(7,9-2)10-3;3-1-2-4;1-2-3(4)5/h3-4,9,12,15H,5-8,10,19H2,1-2H3,(H,21,22);3-4,9,12,15H,5-8,10H2,1-2H3,(H,19,21);4-6,9,12H,7H2,1-3H3;3-5,8,11H,6,13H2,1-2H3,(H,14,15);3-7H,1-2H3;2-5H,1H3;4H2,1-3H3;2H,1H2;2H2,1H3/b;;;;6-4+;;;;. The molecule has 2 saturated heterocycles. The number of nitrogens with two attached hydrogens (primary N) is 2. The summed E-state index contributed by atoms with van der Waals surface area (Å²) >= 11 is 28.3. The summed E-state index contributed by atoms with van der Waals surface area (Å²) < 4.78 is 33.4. The molecule has 0 aromatic heterocycles. The first kappa shape index (κ1) is 116. The number of nitro benzene ring substituents is 3. The highest BCUT2D eigenvalue weighted by atomic mass is 35.5. The average Bonchev–Trinajstić information content (AvgIpc) is 1.82. The SMILES string of the molecule is CC[N+](=O)[O-].COC(=O)/C=C/c1cc([N+](=O)[O-])ccc1C.COC(=O)CC(c1cc([N+](=O)[O-])ccc1C)C(C)[N+](=O)[O-].COC(=O)CP(=O)(OC)OC.Cc1ccc(N(CCCl)CCCl)cc1C(CC(=O)O)C(C)N.Cc1ccc(N(CCCl)CCCl)cc1C1CC(=O)NC1C.Cc1ccc(N)cc1C1CC(=O)NC1C.Cc1ccc([N+](=O)[O-])cc1C=O.O=CCCl. The van der Waals surface area contributed by atoms with Crippen LogP contribution >= 0.6 is 65.6 Å². The third-order valence-electron chi connectivity index (χ3n) is 19.5. The average molecular weight is 1900 g/mol. The van der Waals surface area contributed by atoms with Crippen molar-refractivity contribution < 1.29 is 95.9 Å². The second kappa shape index (κ2) is 61.6. The number of carbonyl (C=O) groups excluding carboxylic acids is 7. The van der Waals surface area contributed by atoms with Crippen LogP contribution in [0.15, 0.2) is 115 Å². The minimum Gasteiger partial charge on any atom is -0.481 e. The number of carboxylic acid groups (broad SMARTS) is 1. The zero-order chi connectivity index (χ0) is 97.1. The lowest BCUT2D eigenvalue weighted by atomic mass is 9.86. The molecular formula is C85H115Cl5N11O25P. The third kappa shape index (κ3) is 42.6. The Morgan fingerprint density at radius 1 is 0.559 bits per heavy atom. The fourth-order valence-electron chi connectivity index (χ4n) is 12.3. The molecule has 42 heteroatoms. The summed E-state index contributed by atoms with van der Waals surface area (Å²) in [6, 6.07) is 30.2. The number of nitrogens with one attached hydrogen (secondary N) is 2. The molecule has 0 saturated carbocycles. The maximum absolute atomic E-state index is 11.6. The molecular weight excluding hydrogens is 1780 g/mol. The van der Waals surface area contributed by atoms with Crippen molar-refractivity contribution in [2.45, 2.75) is 150 Å². The van der Waals surface area contributed by atoms with Crippen LogP contribution in [0.2, 0.25) is 0 Å². The number of nitrogen functional groups attached to an aromatic ring is 1. The van der Waals surface area contributed by atoms with Crippen LogP contribution < -0.4 is 31.9 Å². The molecule has 8 atom stereocenters.